The van der Waals surface area contributed by atoms with Crippen LogP contribution in [0.15, 0.2) is 0 Å². The number of hydroxylamine groups is 3. The lowest BCUT2D eigenvalue weighted by Crippen LogP contribution is -2.44. The zero-order valence-corrected chi connectivity index (χ0v) is 31.4. The summed E-state index contributed by atoms with van der Waals surface area (Å²) in [7, 11) is 0. The molecule has 266 valence electrons. The molecule has 0 fully saturated rings. The zero-order valence-electron chi connectivity index (χ0n) is 31.4. The van der Waals surface area contributed by atoms with Gasteiger partial charge in [0.05, 0.1) is 19.6 Å². The standard InChI is InChI=1S/C42H87NO/c1-4-7-10-13-16-19-22-25-28-31-34-37-40-43(44,41-38-35-32-29-26-23-20-17-14-11-8-5-2)42-39-36-33-30-27-24-21-18-15-12-9-6-3/h4-42H2,1-3H3. The SMILES string of the molecule is CCCCCCCCCCCCCC[N+]([O-])(CCCCCCCCCCCCCC)CCCCCCCCCCCCCC. The maximum atomic E-state index is 13.9. The molecule has 0 heterocycles. The number of quaternary nitrogens is 1. The van der Waals surface area contributed by atoms with Crippen LogP contribution in [0.5, 0.6) is 0 Å². The van der Waals surface area contributed by atoms with E-state index in [0.29, 0.717) is 0 Å². The average molecular weight is 622 g/mol. The lowest BCUT2D eigenvalue weighted by atomic mass is 10.0. The van der Waals surface area contributed by atoms with E-state index in [9.17, 15) is 5.21 Å². The molecule has 0 saturated heterocycles. The minimum Gasteiger partial charge on any atom is -0.633 e. The molecule has 0 radical (unpaired) electrons. The fraction of sp³-hybridized carbons (Fsp3) is 1.00. The van der Waals surface area contributed by atoms with Gasteiger partial charge in [0.1, 0.15) is 0 Å². The van der Waals surface area contributed by atoms with Crippen molar-refractivity contribution >= 4 is 0 Å². The van der Waals surface area contributed by atoms with Gasteiger partial charge in [0.15, 0.2) is 0 Å². The van der Waals surface area contributed by atoms with Crippen molar-refractivity contribution in [2.75, 3.05) is 19.6 Å². The number of unbranched alkanes of at least 4 members (excludes halogenated alkanes) is 33. The van der Waals surface area contributed by atoms with Gasteiger partial charge in [-0.1, -0.05) is 213 Å². The highest BCUT2D eigenvalue weighted by Crippen LogP contribution is 2.19. The molecule has 0 amide bonds. The molecule has 0 unspecified atom stereocenters. The second kappa shape index (κ2) is 37.4. The summed E-state index contributed by atoms with van der Waals surface area (Å²) >= 11 is 0. The number of hydrogen-bond acceptors (Lipinski definition) is 1. The summed E-state index contributed by atoms with van der Waals surface area (Å²) in [6.45, 7) is 9.55. The smallest absolute Gasteiger partial charge is 0.0783 e. The predicted molar refractivity (Wildman–Crippen MR) is 201 cm³/mol. The maximum Gasteiger partial charge on any atom is 0.0783 e. The van der Waals surface area contributed by atoms with Crippen LogP contribution in [-0.2, 0) is 0 Å². The summed E-state index contributed by atoms with van der Waals surface area (Å²) < 4.78 is 0.118. The highest BCUT2D eigenvalue weighted by molar-refractivity contribution is 4.55. The van der Waals surface area contributed by atoms with E-state index in [4.69, 9.17) is 0 Å². The fourth-order valence-corrected chi connectivity index (χ4v) is 7.06. The van der Waals surface area contributed by atoms with Crippen molar-refractivity contribution < 1.29 is 4.65 Å². The Morgan fingerprint density at radius 1 is 0.227 bits per heavy atom. The van der Waals surface area contributed by atoms with Crippen molar-refractivity contribution in [2.45, 2.75) is 252 Å². The molecule has 0 atom stereocenters. The van der Waals surface area contributed by atoms with Crippen molar-refractivity contribution in [3.8, 4) is 0 Å². The molecule has 0 spiro atoms. The van der Waals surface area contributed by atoms with Gasteiger partial charge in [0, 0.05) is 0 Å². The van der Waals surface area contributed by atoms with Crippen LogP contribution in [0.2, 0.25) is 0 Å². The lowest BCUT2D eigenvalue weighted by Gasteiger charge is -2.43. The quantitative estimate of drug-likeness (QED) is 0.0380. The minimum atomic E-state index is 0.118. The lowest BCUT2D eigenvalue weighted by molar-refractivity contribution is -0.881. The second-order valence-corrected chi connectivity index (χ2v) is 14.9. The fourth-order valence-electron chi connectivity index (χ4n) is 7.06. The van der Waals surface area contributed by atoms with Crippen molar-refractivity contribution in [2.24, 2.45) is 0 Å². The van der Waals surface area contributed by atoms with E-state index < -0.39 is 0 Å². The van der Waals surface area contributed by atoms with Gasteiger partial charge in [-0.2, -0.15) is 0 Å². The van der Waals surface area contributed by atoms with Gasteiger partial charge in [-0.3, -0.25) is 0 Å². The van der Waals surface area contributed by atoms with E-state index in [-0.39, 0.29) is 4.65 Å². The molecule has 0 saturated carbocycles. The van der Waals surface area contributed by atoms with Crippen molar-refractivity contribution in [1.82, 2.24) is 0 Å². The van der Waals surface area contributed by atoms with Crippen molar-refractivity contribution in [3.63, 3.8) is 0 Å². The normalized spacial score (nSPS) is 12.0. The highest BCUT2D eigenvalue weighted by atomic mass is 16.5. The maximum absolute atomic E-state index is 13.9. The molecule has 0 rings (SSSR count). The van der Waals surface area contributed by atoms with Crippen LogP contribution >= 0.6 is 0 Å². The Kier molecular flexibility index (Phi) is 37.3. The van der Waals surface area contributed by atoms with Crippen molar-refractivity contribution in [1.29, 1.82) is 0 Å². The van der Waals surface area contributed by atoms with Crippen LogP contribution < -0.4 is 0 Å². The largest absolute Gasteiger partial charge is 0.633 e. The summed E-state index contributed by atoms with van der Waals surface area (Å²) in [5.41, 5.74) is 0. The molecule has 0 N–H and O–H groups in total. The second-order valence-electron chi connectivity index (χ2n) is 14.9. The van der Waals surface area contributed by atoms with E-state index in [1.807, 2.05) is 0 Å². The van der Waals surface area contributed by atoms with Crippen LogP contribution in [0.3, 0.4) is 0 Å². The first-order chi connectivity index (χ1) is 21.7. The number of hydrogen-bond donors (Lipinski definition) is 0. The Morgan fingerprint density at radius 3 is 0.523 bits per heavy atom. The van der Waals surface area contributed by atoms with Gasteiger partial charge in [0.25, 0.3) is 0 Å². The first-order valence-corrected chi connectivity index (χ1v) is 21.3. The Morgan fingerprint density at radius 2 is 0.364 bits per heavy atom. The number of rotatable bonds is 39. The van der Waals surface area contributed by atoms with Gasteiger partial charge in [-0.15, -0.1) is 0 Å². The van der Waals surface area contributed by atoms with E-state index in [0.717, 1.165) is 38.9 Å². The Hall–Kier alpha value is -0.0800. The third kappa shape index (κ3) is 34.8. The van der Waals surface area contributed by atoms with Gasteiger partial charge >= 0.3 is 0 Å². The molecule has 44 heavy (non-hydrogen) atoms. The summed E-state index contributed by atoms with van der Waals surface area (Å²) in [6, 6.07) is 0. The van der Waals surface area contributed by atoms with Gasteiger partial charge in [-0.25, -0.2) is 0 Å². The molecule has 0 aromatic carbocycles. The molecule has 0 aromatic heterocycles. The van der Waals surface area contributed by atoms with Crippen LogP contribution in [-0.4, -0.2) is 24.3 Å². The topological polar surface area (TPSA) is 23.1 Å². The molecule has 2 heteroatoms. The van der Waals surface area contributed by atoms with E-state index in [1.54, 1.807) is 0 Å². The molecular weight excluding hydrogens is 534 g/mol. The third-order valence-electron chi connectivity index (χ3n) is 10.3. The van der Waals surface area contributed by atoms with Gasteiger partial charge < -0.3 is 9.85 Å². The Labute approximate surface area is 280 Å². The molecule has 0 bridgehead atoms. The third-order valence-corrected chi connectivity index (χ3v) is 10.3. The number of nitrogens with zero attached hydrogens (tertiary/aromatic N) is 1. The molecular formula is C42H87NO. The molecule has 0 aliphatic carbocycles. The first-order valence-electron chi connectivity index (χ1n) is 21.3. The Balaban J connectivity index is 4.06. The highest BCUT2D eigenvalue weighted by Gasteiger charge is 2.16. The van der Waals surface area contributed by atoms with E-state index >= 15 is 0 Å². The van der Waals surface area contributed by atoms with Crippen molar-refractivity contribution in [3.05, 3.63) is 5.21 Å². The molecule has 2 nitrogen and oxygen atoms in total. The van der Waals surface area contributed by atoms with Crippen LogP contribution in [0, 0.1) is 5.21 Å². The van der Waals surface area contributed by atoms with E-state index in [2.05, 4.69) is 20.8 Å². The van der Waals surface area contributed by atoms with Gasteiger partial charge in [-0.05, 0) is 38.5 Å². The summed E-state index contributed by atoms with van der Waals surface area (Å²) in [5, 5.41) is 13.9. The van der Waals surface area contributed by atoms with E-state index in [1.165, 1.54) is 212 Å². The monoisotopic (exact) mass is 622 g/mol. The van der Waals surface area contributed by atoms with Crippen LogP contribution in [0.4, 0.5) is 0 Å². The first kappa shape index (κ1) is 43.9. The van der Waals surface area contributed by atoms with Gasteiger partial charge in [0.2, 0.25) is 0 Å². The molecule has 0 aromatic rings. The molecule has 0 aliphatic heterocycles. The Bertz CT molecular complexity index is 437. The van der Waals surface area contributed by atoms with Crippen LogP contribution in [0.1, 0.15) is 252 Å². The summed E-state index contributed by atoms with van der Waals surface area (Å²) in [6.07, 6.45) is 49.4. The molecule has 0 aliphatic rings. The van der Waals surface area contributed by atoms with Crippen LogP contribution in [0.25, 0.3) is 0 Å². The minimum absolute atomic E-state index is 0.118. The summed E-state index contributed by atoms with van der Waals surface area (Å²) in [4.78, 5) is 0. The average Bonchev–Trinajstić information content (AvgIpc) is 3.02. The predicted octanol–water partition coefficient (Wildman–Crippen LogP) is 15.4. The summed E-state index contributed by atoms with van der Waals surface area (Å²) in [5.74, 6) is 0. The zero-order chi connectivity index (χ0) is 32.1.